The third kappa shape index (κ3) is 2.63. The molecule has 21 heavy (non-hydrogen) atoms. The van der Waals surface area contributed by atoms with Gasteiger partial charge in [0.05, 0.1) is 10.9 Å². The molecule has 4 nitrogen and oxygen atoms in total. The molecular weight excluding hydrogens is 264 g/mol. The van der Waals surface area contributed by atoms with Crippen LogP contribution in [0.3, 0.4) is 0 Å². The summed E-state index contributed by atoms with van der Waals surface area (Å²) in [5.41, 5.74) is 2.27. The summed E-state index contributed by atoms with van der Waals surface area (Å²) < 4.78 is 0. The molecule has 110 valence electrons. The Hall–Kier alpha value is -1.94. The van der Waals surface area contributed by atoms with E-state index < -0.39 is 11.4 Å². The maximum Gasteiger partial charge on any atom is 0.311 e. The molecule has 0 amide bonds. The quantitative estimate of drug-likeness (QED) is 0.909. The molecule has 2 N–H and O–H groups in total. The maximum atomic E-state index is 11.8. The number of aromatic nitrogens is 1. The van der Waals surface area contributed by atoms with E-state index in [4.69, 9.17) is 0 Å². The minimum Gasteiger partial charge on any atom is -0.481 e. The number of para-hydroxylation sites is 1. The Bertz CT molecular complexity index is 676. The summed E-state index contributed by atoms with van der Waals surface area (Å²) in [6.07, 6.45) is 2.19. The molecule has 1 saturated heterocycles. The molecule has 1 aromatic heterocycles. The van der Waals surface area contributed by atoms with Gasteiger partial charge in [-0.1, -0.05) is 18.2 Å². The summed E-state index contributed by atoms with van der Waals surface area (Å²) in [7, 11) is 0. The van der Waals surface area contributed by atoms with Crippen LogP contribution < -0.4 is 5.32 Å². The molecule has 1 fully saturated rings. The van der Waals surface area contributed by atoms with Crippen LogP contribution in [0.15, 0.2) is 30.3 Å². The van der Waals surface area contributed by atoms with Gasteiger partial charge in [-0.15, -0.1) is 0 Å². The predicted octanol–water partition coefficient (Wildman–Crippen LogP) is 2.54. The Morgan fingerprint density at radius 3 is 2.95 bits per heavy atom. The van der Waals surface area contributed by atoms with Crippen molar-refractivity contribution in [2.45, 2.75) is 26.2 Å². The third-order valence-corrected chi connectivity index (χ3v) is 4.38. The number of rotatable bonds is 3. The zero-order valence-electron chi connectivity index (χ0n) is 12.2. The Labute approximate surface area is 124 Å². The number of nitrogens with one attached hydrogen (secondary N) is 1. The second-order valence-electron chi connectivity index (χ2n) is 5.98. The zero-order chi connectivity index (χ0) is 14.9. The lowest BCUT2D eigenvalue weighted by Gasteiger charge is -2.34. The van der Waals surface area contributed by atoms with Gasteiger partial charge in [0.2, 0.25) is 0 Å². The second-order valence-corrected chi connectivity index (χ2v) is 5.98. The number of carbonyl (C=O) groups is 1. The van der Waals surface area contributed by atoms with Crippen LogP contribution in [0.5, 0.6) is 0 Å². The van der Waals surface area contributed by atoms with Crippen LogP contribution in [0.1, 0.15) is 24.1 Å². The summed E-state index contributed by atoms with van der Waals surface area (Å²) in [4.78, 5) is 16.4. The molecular formula is C17H20N2O2. The Morgan fingerprint density at radius 2 is 2.24 bits per heavy atom. The molecule has 0 bridgehead atoms. The molecule has 3 rings (SSSR count). The molecule has 0 spiro atoms. The van der Waals surface area contributed by atoms with Crippen LogP contribution in [-0.2, 0) is 11.2 Å². The average molecular weight is 284 g/mol. The molecule has 1 atom stereocenters. The molecule has 0 radical (unpaired) electrons. The van der Waals surface area contributed by atoms with Gasteiger partial charge in [0.15, 0.2) is 0 Å². The first-order chi connectivity index (χ1) is 10.1. The number of nitrogens with zero attached hydrogens (tertiary/aromatic N) is 1. The monoisotopic (exact) mass is 284 g/mol. The van der Waals surface area contributed by atoms with Crippen molar-refractivity contribution >= 4 is 16.9 Å². The van der Waals surface area contributed by atoms with Gasteiger partial charge in [0.25, 0.3) is 0 Å². The number of pyridine rings is 1. The van der Waals surface area contributed by atoms with Crippen molar-refractivity contribution in [1.82, 2.24) is 10.3 Å². The summed E-state index contributed by atoms with van der Waals surface area (Å²) in [5.74, 6) is -0.701. The highest BCUT2D eigenvalue weighted by Gasteiger charge is 2.40. The van der Waals surface area contributed by atoms with E-state index in [0.29, 0.717) is 13.0 Å². The number of piperidine rings is 1. The Morgan fingerprint density at radius 1 is 1.43 bits per heavy atom. The summed E-state index contributed by atoms with van der Waals surface area (Å²) >= 11 is 0. The number of carboxylic acids is 1. The molecule has 1 aliphatic heterocycles. The van der Waals surface area contributed by atoms with Crippen molar-refractivity contribution < 1.29 is 9.90 Å². The second kappa shape index (κ2) is 5.45. The number of carboxylic acid groups (broad SMARTS) is 1. The number of hydrogen-bond donors (Lipinski definition) is 2. The Balaban J connectivity index is 2.05. The van der Waals surface area contributed by atoms with E-state index in [-0.39, 0.29) is 0 Å². The molecule has 2 heterocycles. The van der Waals surface area contributed by atoms with Crippen molar-refractivity contribution in [3.63, 3.8) is 0 Å². The van der Waals surface area contributed by atoms with Crippen molar-refractivity contribution in [2.75, 3.05) is 13.1 Å². The SMILES string of the molecule is Cc1cc(CC2(C(=O)O)CCCNC2)c2ccccc2n1. The molecule has 1 aromatic carbocycles. The Kier molecular flexibility index (Phi) is 3.64. The first-order valence-corrected chi connectivity index (χ1v) is 7.40. The fraction of sp³-hybridized carbons (Fsp3) is 0.412. The van der Waals surface area contributed by atoms with Crippen LogP contribution in [0.4, 0.5) is 0 Å². The first-order valence-electron chi connectivity index (χ1n) is 7.40. The average Bonchev–Trinajstić information content (AvgIpc) is 2.48. The lowest BCUT2D eigenvalue weighted by Crippen LogP contribution is -2.47. The first kappa shape index (κ1) is 14.0. The van der Waals surface area contributed by atoms with Gasteiger partial charge < -0.3 is 10.4 Å². The lowest BCUT2D eigenvalue weighted by atomic mass is 9.75. The molecule has 4 heteroatoms. The van der Waals surface area contributed by atoms with E-state index in [1.807, 2.05) is 37.3 Å². The van der Waals surface area contributed by atoms with Gasteiger partial charge in [-0.05, 0) is 50.4 Å². The minimum absolute atomic E-state index is 0.540. The number of hydrogen-bond acceptors (Lipinski definition) is 3. The fourth-order valence-electron chi connectivity index (χ4n) is 3.28. The standard InChI is InChI=1S/C17H20N2O2/c1-12-9-13(14-5-2-3-6-15(14)19-12)10-17(16(20)21)7-4-8-18-11-17/h2-3,5-6,9,18H,4,7-8,10-11H2,1H3,(H,20,21). The highest BCUT2D eigenvalue weighted by molar-refractivity contribution is 5.84. The van der Waals surface area contributed by atoms with Crippen molar-refractivity contribution in [2.24, 2.45) is 5.41 Å². The highest BCUT2D eigenvalue weighted by atomic mass is 16.4. The van der Waals surface area contributed by atoms with Crippen LogP contribution in [0.2, 0.25) is 0 Å². The van der Waals surface area contributed by atoms with E-state index in [1.165, 1.54) is 0 Å². The predicted molar refractivity (Wildman–Crippen MR) is 82.4 cm³/mol. The molecule has 2 aromatic rings. The van der Waals surface area contributed by atoms with Crippen LogP contribution in [-0.4, -0.2) is 29.1 Å². The molecule has 1 aliphatic rings. The zero-order valence-corrected chi connectivity index (χ0v) is 12.2. The molecule has 0 saturated carbocycles. The van der Waals surface area contributed by atoms with E-state index >= 15 is 0 Å². The van der Waals surface area contributed by atoms with Crippen LogP contribution in [0.25, 0.3) is 10.9 Å². The smallest absolute Gasteiger partial charge is 0.311 e. The lowest BCUT2D eigenvalue weighted by molar-refractivity contribution is -0.150. The third-order valence-electron chi connectivity index (χ3n) is 4.38. The maximum absolute atomic E-state index is 11.8. The topological polar surface area (TPSA) is 62.2 Å². The summed E-state index contributed by atoms with van der Waals surface area (Å²) in [5, 5.41) is 14.0. The molecule has 1 unspecified atom stereocenters. The molecule has 0 aliphatic carbocycles. The van der Waals surface area contributed by atoms with Crippen molar-refractivity contribution in [1.29, 1.82) is 0 Å². The van der Waals surface area contributed by atoms with Crippen molar-refractivity contribution in [3.05, 3.63) is 41.6 Å². The van der Waals surface area contributed by atoms with Crippen molar-refractivity contribution in [3.8, 4) is 0 Å². The minimum atomic E-state index is -0.701. The fourth-order valence-corrected chi connectivity index (χ4v) is 3.28. The van der Waals surface area contributed by atoms with E-state index in [1.54, 1.807) is 0 Å². The largest absolute Gasteiger partial charge is 0.481 e. The van der Waals surface area contributed by atoms with Gasteiger partial charge in [0, 0.05) is 17.6 Å². The normalized spacial score (nSPS) is 22.3. The van der Waals surface area contributed by atoms with Gasteiger partial charge in [-0.25, -0.2) is 0 Å². The number of fused-ring (bicyclic) bond motifs is 1. The van der Waals surface area contributed by atoms with E-state index in [9.17, 15) is 9.90 Å². The van der Waals surface area contributed by atoms with Crippen LogP contribution >= 0.6 is 0 Å². The van der Waals surface area contributed by atoms with Gasteiger partial charge in [0.1, 0.15) is 0 Å². The van der Waals surface area contributed by atoms with Gasteiger partial charge in [-0.2, -0.15) is 0 Å². The van der Waals surface area contributed by atoms with Gasteiger partial charge in [-0.3, -0.25) is 9.78 Å². The number of benzene rings is 1. The summed E-state index contributed by atoms with van der Waals surface area (Å²) in [6.45, 7) is 3.41. The number of aryl methyl sites for hydroxylation is 1. The number of aliphatic carboxylic acids is 1. The highest BCUT2D eigenvalue weighted by Crippen LogP contribution is 2.33. The van der Waals surface area contributed by atoms with E-state index in [2.05, 4.69) is 10.3 Å². The van der Waals surface area contributed by atoms with Crippen LogP contribution in [0, 0.1) is 12.3 Å². The summed E-state index contributed by atoms with van der Waals surface area (Å²) in [6, 6.07) is 9.99. The van der Waals surface area contributed by atoms with Gasteiger partial charge >= 0.3 is 5.97 Å². The van der Waals surface area contributed by atoms with E-state index in [0.717, 1.165) is 41.5 Å².